The van der Waals surface area contributed by atoms with Crippen LogP contribution in [0.3, 0.4) is 0 Å². The van der Waals surface area contributed by atoms with Crippen molar-refractivity contribution < 1.29 is 22.7 Å². The maximum absolute atomic E-state index is 12.8. The number of ether oxygens (including phenoxy) is 2. The maximum Gasteiger partial charge on any atom is 0.243 e. The Bertz CT molecular complexity index is 734. The number of amides is 1. The van der Waals surface area contributed by atoms with Gasteiger partial charge in [0, 0.05) is 25.0 Å². The Hall–Kier alpha value is -1.64. The Morgan fingerprint density at radius 2 is 1.92 bits per heavy atom. The monoisotopic (exact) mass is 384 g/mol. The first-order valence-electron chi connectivity index (χ1n) is 8.69. The fourth-order valence-corrected chi connectivity index (χ4v) is 4.23. The first-order chi connectivity index (χ1) is 12.1. The molecular formula is C18H28N2O5S. The third-order valence-electron chi connectivity index (χ3n) is 4.00. The average molecular weight is 384 g/mol. The Labute approximate surface area is 155 Å². The minimum Gasteiger partial charge on any atom is -0.496 e. The number of aryl methyl sites for hydroxylation is 1. The summed E-state index contributed by atoms with van der Waals surface area (Å²) in [6.07, 6.45) is 0.659. The normalized spacial score (nSPS) is 16.3. The van der Waals surface area contributed by atoms with Crippen LogP contribution in [0.15, 0.2) is 23.1 Å². The lowest BCUT2D eigenvalue weighted by Crippen LogP contribution is -2.40. The maximum atomic E-state index is 12.8. The first-order valence-corrected chi connectivity index (χ1v) is 10.1. The van der Waals surface area contributed by atoms with Gasteiger partial charge in [0.15, 0.2) is 0 Å². The van der Waals surface area contributed by atoms with Gasteiger partial charge in [0.05, 0.1) is 25.2 Å². The molecule has 7 nitrogen and oxygen atoms in total. The molecule has 0 bridgehead atoms. The number of carbonyl (C=O) groups is 1. The third-order valence-corrected chi connectivity index (χ3v) is 5.89. The van der Waals surface area contributed by atoms with E-state index >= 15 is 0 Å². The van der Waals surface area contributed by atoms with Gasteiger partial charge in [-0.15, -0.1) is 0 Å². The number of hydrogen-bond acceptors (Lipinski definition) is 5. The number of rotatable bonds is 6. The van der Waals surface area contributed by atoms with Gasteiger partial charge < -0.3 is 14.8 Å². The summed E-state index contributed by atoms with van der Waals surface area (Å²) in [6.45, 7) is 7.24. The Kier molecular flexibility index (Phi) is 6.65. The standard InChI is InChI=1S/C18H28N2O5S/c1-18(2,3)19-17(21)8-5-14-13-15(6-7-16(14)24-4)26(22,23)20-9-11-25-12-10-20/h6-7,13H,5,8-12H2,1-4H3,(H,19,21). The molecule has 0 spiro atoms. The predicted octanol–water partition coefficient (Wildman–Crippen LogP) is 1.56. The number of morpholine rings is 1. The van der Waals surface area contributed by atoms with Crippen molar-refractivity contribution in [3.63, 3.8) is 0 Å². The SMILES string of the molecule is COc1ccc(S(=O)(=O)N2CCOCC2)cc1CCC(=O)NC(C)(C)C. The van der Waals surface area contributed by atoms with Crippen LogP contribution in [-0.4, -0.2) is 57.6 Å². The molecular weight excluding hydrogens is 356 g/mol. The fraction of sp³-hybridized carbons (Fsp3) is 0.611. The van der Waals surface area contributed by atoms with E-state index < -0.39 is 10.0 Å². The molecule has 2 rings (SSSR count). The molecule has 1 heterocycles. The highest BCUT2D eigenvalue weighted by molar-refractivity contribution is 7.89. The van der Waals surface area contributed by atoms with Crippen molar-refractivity contribution in [1.29, 1.82) is 0 Å². The van der Waals surface area contributed by atoms with E-state index in [4.69, 9.17) is 9.47 Å². The molecule has 1 aliphatic heterocycles. The van der Waals surface area contributed by atoms with E-state index in [1.807, 2.05) is 20.8 Å². The second kappa shape index (κ2) is 8.37. The largest absolute Gasteiger partial charge is 0.496 e. The number of hydrogen-bond donors (Lipinski definition) is 1. The number of nitrogens with zero attached hydrogens (tertiary/aromatic N) is 1. The molecule has 1 aromatic carbocycles. The molecule has 26 heavy (non-hydrogen) atoms. The Morgan fingerprint density at radius 3 is 2.50 bits per heavy atom. The van der Waals surface area contributed by atoms with E-state index in [9.17, 15) is 13.2 Å². The first kappa shape index (κ1) is 20.7. The van der Waals surface area contributed by atoms with Crippen molar-refractivity contribution in [2.24, 2.45) is 0 Å². The van der Waals surface area contributed by atoms with Gasteiger partial charge in [0.2, 0.25) is 15.9 Å². The fourth-order valence-electron chi connectivity index (χ4n) is 2.78. The molecule has 0 saturated carbocycles. The highest BCUT2D eigenvalue weighted by Gasteiger charge is 2.27. The predicted molar refractivity (Wildman–Crippen MR) is 98.8 cm³/mol. The molecule has 0 atom stereocenters. The smallest absolute Gasteiger partial charge is 0.243 e. The summed E-state index contributed by atoms with van der Waals surface area (Å²) in [7, 11) is -2.05. The number of nitrogens with one attached hydrogen (secondary N) is 1. The van der Waals surface area contributed by atoms with Crippen molar-refractivity contribution in [2.45, 2.75) is 44.0 Å². The number of benzene rings is 1. The minimum atomic E-state index is -3.58. The summed E-state index contributed by atoms with van der Waals surface area (Å²) in [5.74, 6) is 0.496. The zero-order valence-electron chi connectivity index (χ0n) is 15.9. The molecule has 0 aromatic heterocycles. The average Bonchev–Trinajstić information content (AvgIpc) is 2.59. The molecule has 0 radical (unpaired) electrons. The van der Waals surface area contributed by atoms with Gasteiger partial charge in [-0.3, -0.25) is 4.79 Å². The number of methoxy groups -OCH3 is 1. The summed E-state index contributed by atoms with van der Waals surface area (Å²) in [5, 5.41) is 2.90. The summed E-state index contributed by atoms with van der Waals surface area (Å²) in [6, 6.07) is 4.79. The highest BCUT2D eigenvalue weighted by atomic mass is 32.2. The van der Waals surface area contributed by atoms with Crippen LogP contribution in [0, 0.1) is 0 Å². The van der Waals surface area contributed by atoms with Crippen molar-refractivity contribution in [3.05, 3.63) is 23.8 Å². The summed E-state index contributed by atoms with van der Waals surface area (Å²) < 4.78 is 37.6. The Balaban J connectivity index is 2.18. The molecule has 1 N–H and O–H groups in total. The van der Waals surface area contributed by atoms with Crippen LogP contribution < -0.4 is 10.1 Å². The Morgan fingerprint density at radius 1 is 1.27 bits per heavy atom. The van der Waals surface area contributed by atoms with Crippen LogP contribution in [0.1, 0.15) is 32.8 Å². The van der Waals surface area contributed by atoms with Gasteiger partial charge in [-0.1, -0.05) is 0 Å². The second-order valence-electron chi connectivity index (χ2n) is 7.29. The molecule has 0 aliphatic carbocycles. The lowest BCUT2D eigenvalue weighted by Gasteiger charge is -2.26. The molecule has 0 unspecified atom stereocenters. The molecule has 1 aromatic rings. The third kappa shape index (κ3) is 5.43. The zero-order chi connectivity index (χ0) is 19.4. The number of sulfonamides is 1. The summed E-state index contributed by atoms with van der Waals surface area (Å²) in [4.78, 5) is 12.3. The zero-order valence-corrected chi connectivity index (χ0v) is 16.7. The molecule has 8 heteroatoms. The minimum absolute atomic E-state index is 0.0824. The van der Waals surface area contributed by atoms with Crippen LogP contribution in [0.4, 0.5) is 0 Å². The van der Waals surface area contributed by atoms with Crippen molar-refractivity contribution >= 4 is 15.9 Å². The summed E-state index contributed by atoms with van der Waals surface area (Å²) >= 11 is 0. The quantitative estimate of drug-likeness (QED) is 0.805. The molecule has 1 aliphatic rings. The summed E-state index contributed by atoms with van der Waals surface area (Å²) in [5.41, 5.74) is 0.397. The van der Waals surface area contributed by atoms with Gasteiger partial charge in [-0.05, 0) is 51.0 Å². The van der Waals surface area contributed by atoms with Crippen LogP contribution in [0.2, 0.25) is 0 Å². The van der Waals surface area contributed by atoms with Gasteiger partial charge >= 0.3 is 0 Å². The van der Waals surface area contributed by atoms with Crippen molar-refractivity contribution in [3.8, 4) is 5.75 Å². The van der Waals surface area contributed by atoms with Gasteiger partial charge in [0.1, 0.15) is 5.75 Å². The molecule has 1 fully saturated rings. The molecule has 1 saturated heterocycles. The van der Waals surface area contributed by atoms with Crippen molar-refractivity contribution in [2.75, 3.05) is 33.4 Å². The molecule has 1 amide bonds. The van der Waals surface area contributed by atoms with Gasteiger partial charge in [0.25, 0.3) is 0 Å². The second-order valence-corrected chi connectivity index (χ2v) is 9.23. The van der Waals surface area contributed by atoms with Gasteiger partial charge in [-0.25, -0.2) is 8.42 Å². The van der Waals surface area contributed by atoms with Crippen LogP contribution in [0.5, 0.6) is 5.75 Å². The van der Waals surface area contributed by atoms with E-state index in [-0.39, 0.29) is 22.8 Å². The van der Waals surface area contributed by atoms with Crippen LogP contribution in [-0.2, 0) is 26.0 Å². The van der Waals surface area contributed by atoms with E-state index in [1.54, 1.807) is 18.2 Å². The van der Waals surface area contributed by atoms with Gasteiger partial charge in [-0.2, -0.15) is 4.31 Å². The molecule has 146 valence electrons. The lowest BCUT2D eigenvalue weighted by atomic mass is 10.1. The van der Waals surface area contributed by atoms with E-state index in [0.717, 1.165) is 0 Å². The van der Waals surface area contributed by atoms with Crippen molar-refractivity contribution in [1.82, 2.24) is 9.62 Å². The highest BCUT2D eigenvalue weighted by Crippen LogP contribution is 2.26. The van der Waals surface area contributed by atoms with E-state index in [2.05, 4.69) is 5.32 Å². The van der Waals surface area contributed by atoms with Crippen LogP contribution in [0.25, 0.3) is 0 Å². The van der Waals surface area contributed by atoms with E-state index in [0.29, 0.717) is 44.0 Å². The lowest BCUT2D eigenvalue weighted by molar-refractivity contribution is -0.122. The van der Waals surface area contributed by atoms with E-state index in [1.165, 1.54) is 11.4 Å². The number of carbonyl (C=O) groups excluding carboxylic acids is 1. The topological polar surface area (TPSA) is 84.9 Å². The van der Waals surface area contributed by atoms with Crippen LogP contribution >= 0.6 is 0 Å².